The molecule has 138 heavy (non-hydrogen) atoms. The number of nitrogens with one attached hydrogen (secondary N) is 17. The van der Waals surface area contributed by atoms with Gasteiger partial charge in [0.2, 0.25) is 94.5 Å². The third-order valence-corrected chi connectivity index (χ3v) is 23.4. The number of aliphatic hydroxyl groups is 4. The van der Waals surface area contributed by atoms with Crippen molar-refractivity contribution in [3.8, 4) is 0 Å². The number of fused-ring (bicyclic) bond motifs is 2. The van der Waals surface area contributed by atoms with E-state index < -0.39 is 232 Å². The summed E-state index contributed by atoms with van der Waals surface area (Å²) in [5.41, 5.74) is 18.7. The van der Waals surface area contributed by atoms with E-state index in [1.54, 1.807) is 80.6 Å². The van der Waals surface area contributed by atoms with Crippen molar-refractivity contribution in [3.05, 3.63) is 77.7 Å². The van der Waals surface area contributed by atoms with E-state index in [1.165, 1.54) is 51.4 Å². The first-order valence-corrected chi connectivity index (χ1v) is 47.8. The summed E-state index contributed by atoms with van der Waals surface area (Å²) in [4.78, 5) is 230. The molecule has 16 amide bonds. The van der Waals surface area contributed by atoms with Crippen LogP contribution in [0.5, 0.6) is 0 Å². The number of hydrogen-bond donors (Lipinski definition) is 24. The zero-order valence-electron chi connectivity index (χ0n) is 79.3. The van der Waals surface area contributed by atoms with Gasteiger partial charge in [-0.15, -0.1) is 5.10 Å². The predicted molar refractivity (Wildman–Crippen MR) is 504 cm³/mol. The van der Waals surface area contributed by atoms with Crippen molar-refractivity contribution in [3.63, 3.8) is 0 Å². The molecule has 47 heteroatoms. The molecule has 13 atom stereocenters. The fraction of sp³-hybridized carbons (Fsp3) is 0.648. The zero-order chi connectivity index (χ0) is 101. The van der Waals surface area contributed by atoms with E-state index >= 15 is 14.4 Å². The van der Waals surface area contributed by atoms with E-state index in [-0.39, 0.29) is 122 Å². The number of aromatic nitrogens is 5. The van der Waals surface area contributed by atoms with E-state index in [9.17, 15) is 82.8 Å². The number of aromatic amines is 2. The van der Waals surface area contributed by atoms with Crippen LogP contribution >= 0.6 is 0 Å². The average molecular weight is 1940 g/mol. The lowest BCUT2D eigenvalue weighted by Gasteiger charge is -2.31. The highest BCUT2D eigenvalue weighted by atomic mass is 16.5. The van der Waals surface area contributed by atoms with Gasteiger partial charge in [-0.2, -0.15) is 0 Å². The second kappa shape index (κ2) is 63.9. The highest BCUT2D eigenvalue weighted by molar-refractivity contribution is 6.01. The third kappa shape index (κ3) is 43.1. The van der Waals surface area contributed by atoms with Crippen LogP contribution in [0.15, 0.2) is 60.8 Å². The fourth-order valence-electron chi connectivity index (χ4n) is 15.7. The molecule has 0 bridgehead atoms. The molecule has 2 fully saturated rings. The van der Waals surface area contributed by atoms with Crippen LogP contribution in [0.1, 0.15) is 204 Å². The maximum Gasteiger partial charge on any atom is 0.246 e. The third-order valence-electron chi connectivity index (χ3n) is 23.4. The number of hydrogen-bond acceptors (Lipinski definition) is 27. The molecule has 0 aliphatic carbocycles. The van der Waals surface area contributed by atoms with Crippen molar-refractivity contribution in [2.75, 3.05) is 93.1 Å². The average Bonchev–Trinajstić information content (AvgIpc) is 1.65. The van der Waals surface area contributed by atoms with Crippen LogP contribution in [0.25, 0.3) is 10.9 Å². The summed E-state index contributed by atoms with van der Waals surface area (Å²) in [6.45, 7) is -2.24. The first-order chi connectivity index (χ1) is 66.3. The van der Waals surface area contributed by atoms with Gasteiger partial charge < -0.3 is 136 Å². The number of nitrogens with two attached hydrogens (primary N) is 3. The number of nitrogens with zero attached hydrogens (tertiary/aromatic N) is 5. The van der Waals surface area contributed by atoms with Crippen molar-refractivity contribution in [1.29, 1.82) is 5.41 Å². The number of unbranched alkanes of at least 4 members (excludes halogenated alkanes) is 13. The van der Waals surface area contributed by atoms with Crippen molar-refractivity contribution < 1.29 is 107 Å². The zero-order valence-corrected chi connectivity index (χ0v) is 79.3. The summed E-state index contributed by atoms with van der Waals surface area (Å²) in [5.74, 6) is -14.5. The monoisotopic (exact) mass is 1940 g/mol. The van der Waals surface area contributed by atoms with Crippen LogP contribution in [0.3, 0.4) is 0 Å². The number of aryl methyl sites for hydroxylation is 1. The van der Waals surface area contributed by atoms with E-state index in [2.05, 4.69) is 100 Å². The first-order valence-electron chi connectivity index (χ1n) is 47.8. The molecule has 0 unspecified atom stereocenters. The fourth-order valence-corrected chi connectivity index (χ4v) is 15.7. The van der Waals surface area contributed by atoms with Gasteiger partial charge in [-0.25, -0.2) is 5.10 Å². The Morgan fingerprint density at radius 3 is 1.74 bits per heavy atom. The number of H-pyrrole nitrogens is 2. The van der Waals surface area contributed by atoms with Crippen molar-refractivity contribution in [2.24, 2.45) is 17.2 Å². The Balaban J connectivity index is 1.07. The molecular formula is C91H145N25O22. The minimum atomic E-state index is -1.96. The number of aliphatic hydroxyl groups excluding tert-OH is 4. The summed E-state index contributed by atoms with van der Waals surface area (Å²) in [7, 11) is 3.28. The molecule has 4 heterocycles. The number of rotatable bonds is 58. The van der Waals surface area contributed by atoms with Gasteiger partial charge in [-0.05, 0) is 119 Å². The van der Waals surface area contributed by atoms with Crippen LogP contribution in [0.4, 0.5) is 0 Å². The van der Waals surface area contributed by atoms with Gasteiger partial charge in [0.1, 0.15) is 84.9 Å². The molecule has 2 aliphatic rings. The molecule has 4 aromatic rings. The SMILES string of the molecule is CCCC[C@H](NC(=O)[C@@H](CCN(C)C)NC(=O)[C@H](CO)NC(=O)[C@@H](CO)NC(=O)[C@H](CCC(N)=O)NC(=O)[C@H](CO)NC(=O)COCCOCCNC(=O)CCCCCCCCCCCCCCCc1nnn[nH]1)C(=O)N[C@H]1CCC(=O)NCCCC[C@@H](C(N)=O)NC(=O)[C@H](Cc2c[nH]c3ccccc23)NC(=O)[C@H](CCCNC(=N)N)NC(=O)[C@@H](Cc2ccccc2)NC(=O)[C@@H]2C[C@@H](O)CN2C1=O. The number of para-hydroxylation sites is 1. The van der Waals surface area contributed by atoms with Crippen LogP contribution in [-0.2, 0) is 105 Å². The summed E-state index contributed by atoms with van der Waals surface area (Å²) in [6.07, 6.45) is 14.2. The molecule has 27 N–H and O–H groups in total. The highest BCUT2D eigenvalue weighted by Crippen LogP contribution is 2.24. The number of amides is 16. The Hall–Kier alpha value is -12.4. The van der Waals surface area contributed by atoms with E-state index in [0.29, 0.717) is 34.9 Å². The van der Waals surface area contributed by atoms with Crippen LogP contribution in [0, 0.1) is 5.41 Å². The van der Waals surface area contributed by atoms with Gasteiger partial charge in [0, 0.05) is 88.2 Å². The van der Waals surface area contributed by atoms with Gasteiger partial charge in [-0.1, -0.05) is 139 Å². The maximum atomic E-state index is 15.4. The van der Waals surface area contributed by atoms with Crippen LogP contribution < -0.4 is 91.6 Å². The Kier molecular flexibility index (Phi) is 52.9. The molecule has 0 radical (unpaired) electrons. The summed E-state index contributed by atoms with van der Waals surface area (Å²) in [6, 6.07) is -3.87. The smallest absolute Gasteiger partial charge is 0.246 e. The summed E-state index contributed by atoms with van der Waals surface area (Å²) < 4.78 is 10.9. The lowest BCUT2D eigenvalue weighted by atomic mass is 10.0. The molecule has 2 saturated heterocycles. The lowest BCUT2D eigenvalue weighted by Crippen LogP contribution is -2.61. The van der Waals surface area contributed by atoms with Crippen LogP contribution in [0.2, 0.25) is 0 Å². The molecule has 0 saturated carbocycles. The molecule has 47 nitrogen and oxygen atoms in total. The van der Waals surface area contributed by atoms with Gasteiger partial charge in [0.15, 0.2) is 5.96 Å². The molecule has 766 valence electrons. The van der Waals surface area contributed by atoms with Crippen LogP contribution in [-0.4, -0.2) is 328 Å². The largest absolute Gasteiger partial charge is 0.394 e. The number of tetrazole rings is 1. The minimum Gasteiger partial charge on any atom is -0.394 e. The molecular weight excluding hydrogens is 1800 g/mol. The van der Waals surface area contributed by atoms with Gasteiger partial charge in [-0.3, -0.25) is 82.1 Å². The summed E-state index contributed by atoms with van der Waals surface area (Å²) >= 11 is 0. The van der Waals surface area contributed by atoms with Crippen molar-refractivity contribution in [1.82, 2.24) is 110 Å². The molecule has 2 aromatic heterocycles. The Morgan fingerprint density at radius 1 is 0.572 bits per heavy atom. The van der Waals surface area contributed by atoms with Gasteiger partial charge in [0.05, 0.1) is 45.7 Å². The first kappa shape index (κ1) is 114. The normalized spacial score (nSPS) is 19.0. The predicted octanol–water partition coefficient (Wildman–Crippen LogP) is -4.17. The lowest BCUT2D eigenvalue weighted by molar-refractivity contribution is -0.143. The Labute approximate surface area is 802 Å². The second-order valence-corrected chi connectivity index (χ2v) is 34.9. The standard InChI is InChI=1S/C91H145N25O22/c1-4-5-30-63(80(126)106-67-37-39-77(123)96-41-25-24-32-62(79(93)125)101-85(131)69(49-58-51-99-61-31-23-22-29-60(58)61)107-81(127)64(33-26-42-98-91(94)95)103-84(130)68(48-57-27-18-17-19-28-57)108-89(135)73-50-59(120)52-116(73)90(67)136)102-83(129)66(40-44-115(2)3)105-87(133)71(54-118)110-88(134)72(55-119)109-82(128)65(36-38-74(92)121)104-86(132)70(53-117)100-78(124)56-138-47-46-137-45-43-97-76(122)35-21-16-14-12-10-8-6-7-9-11-13-15-20-34-75-111-113-114-112-75/h17-19,22-23,27-29,31,51,59,62-73,99,117-120H,4-16,20-21,24-26,30,32-50,52-56H2,1-3H3,(H2,92,121)(H2,93,125)(H,96,123)(H,97,122)(H,100,124)(H,101,131)(H,102,129)(H,103,130)(H,104,132)(H,105,133)(H,106,126)(H,107,127)(H,108,135)(H,109,128)(H,110,134)(H4,94,95,98)(H,111,112,113,114)/t59-,62+,63+,64+,65+,66-,67+,68-,69+,70+,71+,72-,73+/m1/s1. The highest BCUT2D eigenvalue weighted by Gasteiger charge is 2.44. The Bertz CT molecular complexity index is 4510. The molecule has 0 spiro atoms. The maximum absolute atomic E-state index is 15.4. The van der Waals surface area contributed by atoms with Gasteiger partial charge in [0.25, 0.3) is 0 Å². The Morgan fingerprint density at radius 2 is 1.13 bits per heavy atom. The second-order valence-electron chi connectivity index (χ2n) is 34.9. The number of carbonyl (C=O) groups excluding carboxylic acids is 16. The number of primary amides is 2. The van der Waals surface area contributed by atoms with Gasteiger partial charge >= 0.3 is 0 Å². The quantitative estimate of drug-likeness (QED) is 0.0113. The molecule has 2 aliphatic heterocycles. The minimum absolute atomic E-state index is 0.0189. The number of ether oxygens (including phenoxy) is 2. The summed E-state index contributed by atoms with van der Waals surface area (Å²) in [5, 5.41) is 101. The number of guanidine groups is 1. The molecule has 6 rings (SSSR count). The number of benzene rings is 2. The van der Waals surface area contributed by atoms with E-state index in [0.717, 1.165) is 49.2 Å². The van der Waals surface area contributed by atoms with Crippen molar-refractivity contribution >= 4 is 111 Å². The molecule has 2 aromatic carbocycles. The van der Waals surface area contributed by atoms with Crippen molar-refractivity contribution in [2.45, 2.75) is 285 Å². The number of carbonyl (C=O) groups is 16. The van der Waals surface area contributed by atoms with E-state index in [1.807, 2.05) is 6.07 Å². The topological polar surface area (TPSA) is 720 Å². The van der Waals surface area contributed by atoms with E-state index in [4.69, 9.17) is 32.1 Å².